The Balaban J connectivity index is 2.11. The van der Waals surface area contributed by atoms with Gasteiger partial charge in [0.2, 0.25) is 5.82 Å². The number of fused-ring (bicyclic) bond motifs is 1. The summed E-state index contributed by atoms with van der Waals surface area (Å²) in [7, 11) is 1.83. The molecular formula is C18H21N5O2. The molecule has 0 aliphatic rings. The van der Waals surface area contributed by atoms with Gasteiger partial charge in [-0.3, -0.25) is 0 Å². The van der Waals surface area contributed by atoms with E-state index in [4.69, 9.17) is 10.2 Å². The fraction of sp³-hybridized carbons (Fsp3) is 0.389. The third kappa shape index (κ3) is 3.08. The molecule has 130 valence electrons. The highest BCUT2D eigenvalue weighted by Gasteiger charge is 2.19. The molecule has 0 aliphatic heterocycles. The topological polar surface area (TPSA) is 103 Å². The summed E-state index contributed by atoms with van der Waals surface area (Å²) < 4.78 is 7.43. The molecule has 7 nitrogen and oxygen atoms in total. The zero-order chi connectivity index (χ0) is 18.2. The second-order valence-corrected chi connectivity index (χ2v) is 6.00. The summed E-state index contributed by atoms with van der Waals surface area (Å²) >= 11 is 0. The first-order valence-electron chi connectivity index (χ1n) is 8.19. The number of anilines is 1. The van der Waals surface area contributed by atoms with Crippen molar-refractivity contribution in [3.8, 4) is 23.4 Å². The minimum absolute atomic E-state index is 0.246. The summed E-state index contributed by atoms with van der Waals surface area (Å²) in [5.74, 6) is 8.23. The lowest BCUT2D eigenvalue weighted by molar-refractivity contribution is 0.0931. The first kappa shape index (κ1) is 17.0. The van der Waals surface area contributed by atoms with Crippen LogP contribution in [0.1, 0.15) is 38.3 Å². The molecular weight excluding hydrogens is 318 g/mol. The molecule has 3 N–H and O–H groups in total. The zero-order valence-corrected chi connectivity index (χ0v) is 14.8. The van der Waals surface area contributed by atoms with Gasteiger partial charge < -0.3 is 19.8 Å². The van der Waals surface area contributed by atoms with Crippen LogP contribution in [0, 0.1) is 18.8 Å². The Morgan fingerprint density at radius 3 is 2.56 bits per heavy atom. The molecule has 0 saturated heterocycles. The number of hydrogen-bond donors (Lipinski definition) is 2. The molecule has 0 fully saturated rings. The van der Waals surface area contributed by atoms with Crippen molar-refractivity contribution in [3.63, 3.8) is 0 Å². The average Bonchev–Trinajstić information content (AvgIpc) is 3.17. The monoisotopic (exact) mass is 339 g/mol. The van der Waals surface area contributed by atoms with E-state index in [0.29, 0.717) is 35.6 Å². The molecule has 0 unspecified atom stereocenters. The molecule has 3 aromatic heterocycles. The summed E-state index contributed by atoms with van der Waals surface area (Å²) in [5, 5.41) is 10.3. The van der Waals surface area contributed by atoms with Crippen LogP contribution in [0.15, 0.2) is 16.5 Å². The fourth-order valence-corrected chi connectivity index (χ4v) is 2.51. The maximum atomic E-state index is 10.3. The first-order valence-corrected chi connectivity index (χ1v) is 8.19. The summed E-state index contributed by atoms with van der Waals surface area (Å²) in [6, 6.07) is 3.72. The number of aromatic nitrogens is 4. The third-order valence-corrected chi connectivity index (χ3v) is 4.28. The van der Waals surface area contributed by atoms with Crippen LogP contribution in [0.25, 0.3) is 22.7 Å². The van der Waals surface area contributed by atoms with Gasteiger partial charge in [0.05, 0.1) is 0 Å². The predicted octanol–water partition coefficient (Wildman–Crippen LogP) is 2.42. The molecule has 0 amide bonds. The number of aliphatic hydroxyl groups is 1. The minimum atomic E-state index is -1.05. The molecule has 0 radical (unpaired) electrons. The number of rotatable bonds is 3. The van der Waals surface area contributed by atoms with Crippen LogP contribution in [0.4, 0.5) is 5.82 Å². The summed E-state index contributed by atoms with van der Waals surface area (Å²) in [6.07, 6.45) is 1.06. The lowest BCUT2D eigenvalue weighted by atomic mass is 9.98. The predicted molar refractivity (Wildman–Crippen MR) is 95.6 cm³/mol. The van der Waals surface area contributed by atoms with E-state index in [1.54, 1.807) is 4.57 Å². The van der Waals surface area contributed by atoms with Crippen molar-refractivity contribution >= 4 is 17.0 Å². The van der Waals surface area contributed by atoms with Gasteiger partial charge in [-0.1, -0.05) is 19.8 Å². The molecule has 0 saturated carbocycles. The second kappa shape index (κ2) is 6.22. The Kier molecular flexibility index (Phi) is 4.23. The molecule has 3 rings (SSSR count). The zero-order valence-electron chi connectivity index (χ0n) is 14.8. The quantitative estimate of drug-likeness (QED) is 0.710. The molecule has 0 spiro atoms. The highest BCUT2D eigenvalue weighted by molar-refractivity contribution is 5.85. The Morgan fingerprint density at radius 2 is 1.96 bits per heavy atom. The van der Waals surface area contributed by atoms with Crippen molar-refractivity contribution in [3.05, 3.63) is 23.7 Å². The molecule has 0 aromatic carbocycles. The lowest BCUT2D eigenvalue weighted by Gasteiger charge is -2.16. The highest BCUT2D eigenvalue weighted by atomic mass is 16.3. The standard InChI is InChI=1S/C18H21N5O2/c1-5-18(24,6-2)10-9-13-20-15(19)14-17(21-13)23(4)16(22-14)12-8-7-11(3)25-12/h7-8,24H,5-6H2,1-4H3,(H2,19,20,21). The van der Waals surface area contributed by atoms with E-state index in [9.17, 15) is 5.11 Å². The molecule has 3 heterocycles. The SMILES string of the molecule is CCC(O)(C#Cc1nc(N)c2nc(-c3ccc(C)o3)n(C)c2n1)CC. The largest absolute Gasteiger partial charge is 0.458 e. The van der Waals surface area contributed by atoms with Gasteiger partial charge in [-0.05, 0) is 37.8 Å². The van der Waals surface area contributed by atoms with Crippen LogP contribution in [0.5, 0.6) is 0 Å². The fourth-order valence-electron chi connectivity index (χ4n) is 2.51. The van der Waals surface area contributed by atoms with E-state index in [1.165, 1.54) is 0 Å². The van der Waals surface area contributed by atoms with E-state index < -0.39 is 5.60 Å². The van der Waals surface area contributed by atoms with Gasteiger partial charge in [0, 0.05) is 7.05 Å². The van der Waals surface area contributed by atoms with E-state index in [-0.39, 0.29) is 11.6 Å². The van der Waals surface area contributed by atoms with Crippen LogP contribution >= 0.6 is 0 Å². The maximum Gasteiger partial charge on any atom is 0.209 e. The van der Waals surface area contributed by atoms with Crippen molar-refractivity contribution in [1.82, 2.24) is 19.5 Å². The normalized spacial score (nSPS) is 11.6. The van der Waals surface area contributed by atoms with Crippen LogP contribution < -0.4 is 5.73 Å². The third-order valence-electron chi connectivity index (χ3n) is 4.28. The lowest BCUT2D eigenvalue weighted by Crippen LogP contribution is -2.23. The molecule has 0 aliphatic carbocycles. The van der Waals surface area contributed by atoms with Crippen LogP contribution in [-0.4, -0.2) is 30.2 Å². The van der Waals surface area contributed by atoms with E-state index >= 15 is 0 Å². The molecule has 3 aromatic rings. The first-order chi connectivity index (χ1) is 11.9. The van der Waals surface area contributed by atoms with Crippen LogP contribution in [0.3, 0.4) is 0 Å². The Hall–Kier alpha value is -2.85. The van der Waals surface area contributed by atoms with E-state index in [2.05, 4.69) is 26.8 Å². The molecule has 7 heteroatoms. The van der Waals surface area contributed by atoms with Crippen molar-refractivity contribution < 1.29 is 9.52 Å². The number of imidazole rings is 1. The number of nitrogens with zero attached hydrogens (tertiary/aromatic N) is 4. The average molecular weight is 339 g/mol. The van der Waals surface area contributed by atoms with Crippen molar-refractivity contribution in [2.75, 3.05) is 5.73 Å². The number of nitrogen functional groups attached to an aromatic ring is 1. The number of nitrogens with two attached hydrogens (primary N) is 1. The Bertz CT molecular complexity index is 986. The summed E-state index contributed by atoms with van der Waals surface area (Å²) in [6.45, 7) is 5.64. The van der Waals surface area contributed by atoms with Crippen molar-refractivity contribution in [2.45, 2.75) is 39.2 Å². The van der Waals surface area contributed by atoms with Crippen molar-refractivity contribution in [2.24, 2.45) is 7.05 Å². The maximum absolute atomic E-state index is 10.3. The Labute approximate surface area is 145 Å². The molecule has 0 bridgehead atoms. The van der Waals surface area contributed by atoms with Gasteiger partial charge in [-0.25, -0.2) is 15.0 Å². The molecule has 25 heavy (non-hydrogen) atoms. The second-order valence-electron chi connectivity index (χ2n) is 6.00. The van der Waals surface area contributed by atoms with Gasteiger partial charge in [0.15, 0.2) is 28.6 Å². The van der Waals surface area contributed by atoms with Gasteiger partial charge >= 0.3 is 0 Å². The minimum Gasteiger partial charge on any atom is -0.458 e. The summed E-state index contributed by atoms with van der Waals surface area (Å²) in [4.78, 5) is 13.1. The van der Waals surface area contributed by atoms with E-state index in [1.807, 2.05) is 40.0 Å². The smallest absolute Gasteiger partial charge is 0.209 e. The van der Waals surface area contributed by atoms with Gasteiger partial charge in [-0.15, -0.1) is 0 Å². The van der Waals surface area contributed by atoms with Crippen molar-refractivity contribution in [1.29, 1.82) is 0 Å². The van der Waals surface area contributed by atoms with E-state index in [0.717, 1.165) is 5.76 Å². The number of furan rings is 1. The Morgan fingerprint density at radius 1 is 1.24 bits per heavy atom. The highest BCUT2D eigenvalue weighted by Crippen LogP contribution is 2.26. The van der Waals surface area contributed by atoms with Gasteiger partial charge in [0.25, 0.3) is 0 Å². The van der Waals surface area contributed by atoms with Gasteiger partial charge in [-0.2, -0.15) is 0 Å². The number of hydrogen-bond acceptors (Lipinski definition) is 6. The number of aryl methyl sites for hydroxylation is 2. The summed E-state index contributed by atoms with van der Waals surface area (Å²) in [5.41, 5.74) is 6.06. The van der Waals surface area contributed by atoms with Crippen LogP contribution in [0.2, 0.25) is 0 Å². The van der Waals surface area contributed by atoms with Crippen LogP contribution in [-0.2, 0) is 7.05 Å². The van der Waals surface area contributed by atoms with Gasteiger partial charge in [0.1, 0.15) is 11.4 Å². The molecule has 0 atom stereocenters.